The van der Waals surface area contributed by atoms with E-state index in [-0.39, 0.29) is 0 Å². The molecule has 0 spiro atoms. The highest BCUT2D eigenvalue weighted by Gasteiger charge is 2.67. The van der Waals surface area contributed by atoms with Crippen LogP contribution in [0.15, 0.2) is 0 Å². The van der Waals surface area contributed by atoms with Gasteiger partial charge in [0.2, 0.25) is 0 Å². The van der Waals surface area contributed by atoms with Crippen LogP contribution in [-0.2, 0) is 0 Å². The van der Waals surface area contributed by atoms with Crippen LogP contribution in [-0.4, -0.2) is 0 Å². The van der Waals surface area contributed by atoms with Gasteiger partial charge < -0.3 is 0 Å². The molecule has 0 heterocycles. The van der Waals surface area contributed by atoms with E-state index in [0.29, 0.717) is 10.8 Å². The molecule has 2 fully saturated rings. The molecule has 6 atom stereocenters. The Morgan fingerprint density at radius 3 is 2.00 bits per heavy atom. The largest absolute Gasteiger partial charge is 0.0623 e. The minimum Gasteiger partial charge on any atom is -0.0623 e. The Bertz CT molecular complexity index is 301. The summed E-state index contributed by atoms with van der Waals surface area (Å²) < 4.78 is 0. The maximum Gasteiger partial charge on any atom is -0.0259 e. The second kappa shape index (κ2) is 3.75. The van der Waals surface area contributed by atoms with Crippen molar-refractivity contribution >= 4 is 0 Å². The highest BCUT2D eigenvalue weighted by atomic mass is 14.7. The van der Waals surface area contributed by atoms with E-state index < -0.39 is 0 Å². The van der Waals surface area contributed by atoms with Gasteiger partial charge in [-0.15, -0.1) is 0 Å². The second-order valence-corrected chi connectivity index (χ2v) is 8.44. The number of fused-ring (bicyclic) bond motifs is 1. The zero-order valence-corrected chi connectivity index (χ0v) is 13.2. The summed E-state index contributed by atoms with van der Waals surface area (Å²) in [6.45, 7) is 19.8. The molecule has 2 saturated carbocycles. The van der Waals surface area contributed by atoms with Gasteiger partial charge in [-0.3, -0.25) is 0 Å². The van der Waals surface area contributed by atoms with Crippen molar-refractivity contribution in [2.75, 3.05) is 0 Å². The summed E-state index contributed by atoms with van der Waals surface area (Å²) in [5, 5.41) is 0. The SMILES string of the molecule is CC1C2C(C)C2C(C)(CC(C)(C)C(C)C)C1C. The summed E-state index contributed by atoms with van der Waals surface area (Å²) in [5.74, 6) is 5.70. The summed E-state index contributed by atoms with van der Waals surface area (Å²) in [4.78, 5) is 0. The van der Waals surface area contributed by atoms with Gasteiger partial charge in [-0.05, 0) is 52.8 Å². The average molecular weight is 236 g/mol. The Balaban J connectivity index is 2.19. The van der Waals surface area contributed by atoms with E-state index in [1.165, 1.54) is 6.42 Å². The third-order valence-electron chi connectivity index (χ3n) is 7.04. The topological polar surface area (TPSA) is 0 Å². The molecule has 2 aliphatic carbocycles. The van der Waals surface area contributed by atoms with Gasteiger partial charge in [0, 0.05) is 0 Å². The molecule has 0 aromatic carbocycles. The maximum atomic E-state index is 2.59. The molecule has 0 aromatic rings. The average Bonchev–Trinajstić information content (AvgIpc) is 2.81. The maximum absolute atomic E-state index is 2.59. The van der Waals surface area contributed by atoms with E-state index in [1.807, 2.05) is 0 Å². The fraction of sp³-hybridized carbons (Fsp3) is 1.00. The standard InChI is InChI=1S/C17H32/c1-10(2)16(6,7)9-17(8)13(5)11(3)14-12(4)15(14)17/h10-15H,9H2,1-8H3. The molecule has 0 heteroatoms. The Hall–Kier alpha value is 0. The zero-order valence-electron chi connectivity index (χ0n) is 13.2. The summed E-state index contributed by atoms with van der Waals surface area (Å²) >= 11 is 0. The Morgan fingerprint density at radius 2 is 1.59 bits per heavy atom. The van der Waals surface area contributed by atoms with Gasteiger partial charge in [-0.1, -0.05) is 55.4 Å². The summed E-state index contributed by atoms with van der Waals surface area (Å²) in [6, 6.07) is 0. The van der Waals surface area contributed by atoms with E-state index in [9.17, 15) is 0 Å². The van der Waals surface area contributed by atoms with Crippen molar-refractivity contribution in [3.8, 4) is 0 Å². The van der Waals surface area contributed by atoms with Crippen molar-refractivity contribution in [1.82, 2.24) is 0 Å². The van der Waals surface area contributed by atoms with Gasteiger partial charge in [0.25, 0.3) is 0 Å². The lowest BCUT2D eigenvalue weighted by Gasteiger charge is -2.43. The Kier molecular flexibility index (Phi) is 2.96. The fourth-order valence-electron chi connectivity index (χ4n) is 5.04. The third-order valence-corrected chi connectivity index (χ3v) is 7.04. The lowest BCUT2D eigenvalue weighted by Crippen LogP contribution is -2.35. The third kappa shape index (κ3) is 1.78. The molecule has 2 rings (SSSR count). The van der Waals surface area contributed by atoms with Crippen LogP contribution in [0.25, 0.3) is 0 Å². The van der Waals surface area contributed by atoms with Gasteiger partial charge in [0.1, 0.15) is 0 Å². The first-order chi connectivity index (χ1) is 7.63. The van der Waals surface area contributed by atoms with Crippen LogP contribution in [0.1, 0.15) is 61.8 Å². The van der Waals surface area contributed by atoms with Crippen molar-refractivity contribution in [1.29, 1.82) is 0 Å². The molecule has 0 amide bonds. The van der Waals surface area contributed by atoms with Gasteiger partial charge in [-0.2, -0.15) is 0 Å². The Morgan fingerprint density at radius 1 is 1.06 bits per heavy atom. The van der Waals surface area contributed by atoms with Crippen LogP contribution in [0.4, 0.5) is 0 Å². The highest BCUT2D eigenvalue weighted by Crippen LogP contribution is 2.73. The molecule has 0 saturated heterocycles. The van der Waals surface area contributed by atoms with Crippen LogP contribution in [0, 0.1) is 46.3 Å². The summed E-state index contributed by atoms with van der Waals surface area (Å²) in [7, 11) is 0. The first kappa shape index (κ1) is 13.4. The van der Waals surface area contributed by atoms with E-state index in [0.717, 1.165) is 35.5 Å². The number of hydrogen-bond acceptors (Lipinski definition) is 0. The molecule has 17 heavy (non-hydrogen) atoms. The van der Waals surface area contributed by atoms with E-state index in [4.69, 9.17) is 0 Å². The normalized spacial score (nSPS) is 49.6. The summed E-state index contributed by atoms with van der Waals surface area (Å²) in [5.41, 5.74) is 1.08. The molecule has 0 radical (unpaired) electrons. The van der Waals surface area contributed by atoms with Crippen molar-refractivity contribution < 1.29 is 0 Å². The zero-order chi connectivity index (χ0) is 13.2. The van der Waals surface area contributed by atoms with Crippen molar-refractivity contribution in [3.63, 3.8) is 0 Å². The smallest absolute Gasteiger partial charge is 0.0259 e. The number of hydrogen-bond donors (Lipinski definition) is 0. The van der Waals surface area contributed by atoms with Gasteiger partial charge in [-0.25, -0.2) is 0 Å². The van der Waals surface area contributed by atoms with Crippen molar-refractivity contribution in [2.45, 2.75) is 61.8 Å². The predicted octanol–water partition coefficient (Wildman–Crippen LogP) is 5.23. The lowest BCUT2D eigenvalue weighted by molar-refractivity contribution is 0.0588. The molecule has 100 valence electrons. The van der Waals surface area contributed by atoms with Crippen molar-refractivity contribution in [3.05, 3.63) is 0 Å². The van der Waals surface area contributed by atoms with Gasteiger partial charge in [0.05, 0.1) is 0 Å². The molecular weight excluding hydrogens is 204 g/mol. The number of rotatable bonds is 3. The molecule has 0 aromatic heterocycles. The molecule has 0 nitrogen and oxygen atoms in total. The van der Waals surface area contributed by atoms with Gasteiger partial charge >= 0.3 is 0 Å². The molecule has 0 aliphatic heterocycles. The van der Waals surface area contributed by atoms with E-state index in [1.54, 1.807) is 0 Å². The first-order valence-corrected chi connectivity index (χ1v) is 7.63. The minimum absolute atomic E-state index is 0.486. The summed E-state index contributed by atoms with van der Waals surface area (Å²) in [6.07, 6.45) is 1.41. The van der Waals surface area contributed by atoms with Crippen LogP contribution in [0.3, 0.4) is 0 Å². The van der Waals surface area contributed by atoms with Crippen LogP contribution < -0.4 is 0 Å². The Labute approximate surface area is 109 Å². The molecular formula is C17H32. The van der Waals surface area contributed by atoms with Crippen molar-refractivity contribution in [2.24, 2.45) is 46.3 Å². The van der Waals surface area contributed by atoms with E-state index in [2.05, 4.69) is 55.4 Å². The van der Waals surface area contributed by atoms with E-state index >= 15 is 0 Å². The predicted molar refractivity (Wildman–Crippen MR) is 75.8 cm³/mol. The molecule has 0 bridgehead atoms. The second-order valence-electron chi connectivity index (χ2n) is 8.44. The first-order valence-electron chi connectivity index (χ1n) is 7.63. The minimum atomic E-state index is 0.486. The van der Waals surface area contributed by atoms with Crippen LogP contribution >= 0.6 is 0 Å². The highest BCUT2D eigenvalue weighted by molar-refractivity contribution is 5.15. The van der Waals surface area contributed by atoms with Crippen LogP contribution in [0.2, 0.25) is 0 Å². The fourth-order valence-corrected chi connectivity index (χ4v) is 5.04. The lowest BCUT2D eigenvalue weighted by atomic mass is 9.62. The monoisotopic (exact) mass is 236 g/mol. The van der Waals surface area contributed by atoms with Gasteiger partial charge in [0.15, 0.2) is 0 Å². The molecule has 6 unspecified atom stereocenters. The molecule has 2 aliphatic rings. The van der Waals surface area contributed by atoms with Crippen LogP contribution in [0.5, 0.6) is 0 Å². The molecule has 0 N–H and O–H groups in total. The quantitative estimate of drug-likeness (QED) is 0.629.